The maximum Gasteiger partial charge on any atom is 0.159 e. The van der Waals surface area contributed by atoms with Crippen molar-refractivity contribution in [3.05, 3.63) is 65.2 Å². The van der Waals surface area contributed by atoms with Gasteiger partial charge in [-0.05, 0) is 49.2 Å². The summed E-state index contributed by atoms with van der Waals surface area (Å²) in [6.45, 7) is 3.94. The summed E-state index contributed by atoms with van der Waals surface area (Å²) in [4.78, 5) is 2.15. The van der Waals surface area contributed by atoms with Gasteiger partial charge in [-0.2, -0.15) is 0 Å². The van der Waals surface area contributed by atoms with Crippen LogP contribution in [0.2, 0.25) is 0 Å². The third-order valence-electron chi connectivity index (χ3n) is 3.45. The van der Waals surface area contributed by atoms with Crippen LogP contribution in [0.3, 0.4) is 0 Å². The molecule has 0 amide bonds. The van der Waals surface area contributed by atoms with E-state index in [0.717, 1.165) is 29.8 Å². The summed E-state index contributed by atoms with van der Waals surface area (Å²) < 4.78 is 26.4. The van der Waals surface area contributed by atoms with Gasteiger partial charge in [-0.1, -0.05) is 24.3 Å². The van der Waals surface area contributed by atoms with Crippen LogP contribution in [0.4, 0.5) is 14.5 Å². The fraction of sp³-hybridized carbons (Fsp3) is 0.294. The highest BCUT2D eigenvalue weighted by atomic mass is 19.2. The number of hydrogen-bond acceptors (Lipinski definition) is 2. The fourth-order valence-electron chi connectivity index (χ4n) is 2.34. The first-order chi connectivity index (χ1) is 10.1. The molecule has 0 spiro atoms. The zero-order chi connectivity index (χ0) is 15.2. The number of aryl methyl sites for hydroxylation is 1. The number of nitrogens with two attached hydrogens (primary N) is 1. The molecule has 0 heterocycles. The first-order valence-corrected chi connectivity index (χ1v) is 7.06. The quantitative estimate of drug-likeness (QED) is 0.880. The Labute approximate surface area is 124 Å². The lowest BCUT2D eigenvalue weighted by Gasteiger charge is -2.26. The molecule has 0 saturated heterocycles. The smallest absolute Gasteiger partial charge is 0.159 e. The molecular weight excluding hydrogens is 270 g/mol. The highest BCUT2D eigenvalue weighted by Gasteiger charge is 2.11. The van der Waals surface area contributed by atoms with Crippen LogP contribution in [0.15, 0.2) is 42.5 Å². The van der Waals surface area contributed by atoms with Crippen LogP contribution in [0.25, 0.3) is 0 Å². The molecule has 0 bridgehead atoms. The molecule has 4 heteroatoms. The SMILES string of the molecule is Cc1ccccc1N(CCCN)Cc1ccc(F)c(F)c1. The number of hydrogen-bond donors (Lipinski definition) is 1. The maximum atomic E-state index is 13.3. The predicted molar refractivity (Wildman–Crippen MR) is 82.3 cm³/mol. The minimum atomic E-state index is -0.817. The van der Waals surface area contributed by atoms with Gasteiger partial charge < -0.3 is 10.6 Å². The van der Waals surface area contributed by atoms with Crippen LogP contribution in [-0.4, -0.2) is 13.1 Å². The zero-order valence-corrected chi connectivity index (χ0v) is 12.2. The second kappa shape index (κ2) is 7.18. The van der Waals surface area contributed by atoms with E-state index in [2.05, 4.69) is 4.90 Å². The van der Waals surface area contributed by atoms with Crippen LogP contribution < -0.4 is 10.6 Å². The van der Waals surface area contributed by atoms with Crippen molar-refractivity contribution < 1.29 is 8.78 Å². The molecule has 0 aliphatic carbocycles. The van der Waals surface area contributed by atoms with Gasteiger partial charge in [-0.25, -0.2) is 8.78 Å². The van der Waals surface area contributed by atoms with E-state index < -0.39 is 11.6 Å². The monoisotopic (exact) mass is 290 g/mol. The molecule has 2 aromatic rings. The van der Waals surface area contributed by atoms with E-state index >= 15 is 0 Å². The number of nitrogens with zero attached hydrogens (tertiary/aromatic N) is 1. The Hall–Kier alpha value is -1.94. The largest absolute Gasteiger partial charge is 0.367 e. The minimum absolute atomic E-state index is 0.530. The Morgan fingerprint density at radius 1 is 1.05 bits per heavy atom. The summed E-state index contributed by atoms with van der Waals surface area (Å²) in [5.74, 6) is -1.63. The van der Waals surface area contributed by atoms with Crippen LogP contribution >= 0.6 is 0 Å². The van der Waals surface area contributed by atoms with Crippen molar-refractivity contribution in [3.63, 3.8) is 0 Å². The first-order valence-electron chi connectivity index (χ1n) is 7.06. The van der Waals surface area contributed by atoms with Crippen molar-refractivity contribution >= 4 is 5.69 Å². The van der Waals surface area contributed by atoms with Crippen molar-refractivity contribution in [1.29, 1.82) is 0 Å². The number of para-hydroxylation sites is 1. The summed E-state index contributed by atoms with van der Waals surface area (Å²) in [6.07, 6.45) is 0.845. The van der Waals surface area contributed by atoms with Gasteiger partial charge in [0, 0.05) is 18.8 Å². The Bertz CT molecular complexity index is 599. The van der Waals surface area contributed by atoms with Gasteiger partial charge in [-0.15, -0.1) is 0 Å². The summed E-state index contributed by atoms with van der Waals surface area (Å²) >= 11 is 0. The average Bonchev–Trinajstić information content (AvgIpc) is 2.48. The van der Waals surface area contributed by atoms with Gasteiger partial charge in [0.1, 0.15) is 0 Å². The first kappa shape index (κ1) is 15.4. The molecule has 0 fully saturated rings. The molecule has 2 aromatic carbocycles. The molecule has 21 heavy (non-hydrogen) atoms. The molecule has 0 atom stereocenters. The molecule has 0 aromatic heterocycles. The van der Waals surface area contributed by atoms with E-state index in [0.29, 0.717) is 13.1 Å². The van der Waals surface area contributed by atoms with E-state index in [9.17, 15) is 8.78 Å². The lowest BCUT2D eigenvalue weighted by Crippen LogP contribution is -2.26. The highest BCUT2D eigenvalue weighted by Crippen LogP contribution is 2.22. The second-order valence-corrected chi connectivity index (χ2v) is 5.10. The number of halogens is 2. The summed E-state index contributed by atoms with van der Waals surface area (Å²) in [5.41, 5.74) is 8.58. The third-order valence-corrected chi connectivity index (χ3v) is 3.45. The summed E-state index contributed by atoms with van der Waals surface area (Å²) in [5, 5.41) is 0. The zero-order valence-electron chi connectivity index (χ0n) is 12.2. The fourth-order valence-corrected chi connectivity index (χ4v) is 2.34. The molecule has 0 radical (unpaired) electrons. The van der Waals surface area contributed by atoms with Crippen LogP contribution in [0.1, 0.15) is 17.5 Å². The summed E-state index contributed by atoms with van der Waals surface area (Å²) in [6, 6.07) is 12.1. The summed E-state index contributed by atoms with van der Waals surface area (Å²) in [7, 11) is 0. The van der Waals surface area contributed by atoms with Gasteiger partial charge in [0.2, 0.25) is 0 Å². The van der Waals surface area contributed by atoms with E-state index in [1.54, 1.807) is 6.07 Å². The van der Waals surface area contributed by atoms with Gasteiger partial charge in [0.05, 0.1) is 0 Å². The Morgan fingerprint density at radius 3 is 2.48 bits per heavy atom. The molecular formula is C17H20F2N2. The van der Waals surface area contributed by atoms with E-state index in [1.165, 1.54) is 12.1 Å². The van der Waals surface area contributed by atoms with E-state index in [-0.39, 0.29) is 0 Å². The molecule has 2 rings (SSSR count). The van der Waals surface area contributed by atoms with Crippen molar-refractivity contribution in [2.75, 3.05) is 18.0 Å². The standard InChI is InChI=1S/C17H20F2N2/c1-13-5-2-3-6-17(13)21(10-4-9-20)12-14-7-8-15(18)16(19)11-14/h2-3,5-8,11H,4,9-10,12,20H2,1H3. The van der Waals surface area contributed by atoms with Crippen molar-refractivity contribution in [2.45, 2.75) is 19.9 Å². The Balaban J connectivity index is 2.24. The average molecular weight is 290 g/mol. The van der Waals surface area contributed by atoms with Crippen molar-refractivity contribution in [2.24, 2.45) is 5.73 Å². The van der Waals surface area contributed by atoms with Crippen LogP contribution in [0, 0.1) is 18.6 Å². The number of benzene rings is 2. The molecule has 0 saturated carbocycles. The van der Waals surface area contributed by atoms with Crippen LogP contribution in [0.5, 0.6) is 0 Å². The van der Waals surface area contributed by atoms with E-state index in [1.807, 2.05) is 31.2 Å². The Morgan fingerprint density at radius 2 is 1.81 bits per heavy atom. The lowest BCUT2D eigenvalue weighted by molar-refractivity contribution is 0.506. The molecule has 2 nitrogen and oxygen atoms in total. The number of rotatable bonds is 6. The van der Waals surface area contributed by atoms with Gasteiger partial charge in [0.15, 0.2) is 11.6 Å². The molecule has 2 N–H and O–H groups in total. The predicted octanol–water partition coefficient (Wildman–Crippen LogP) is 3.63. The molecule has 0 aliphatic rings. The molecule has 0 aliphatic heterocycles. The van der Waals surface area contributed by atoms with Gasteiger partial charge in [-0.3, -0.25) is 0 Å². The van der Waals surface area contributed by atoms with E-state index in [4.69, 9.17) is 5.73 Å². The number of anilines is 1. The topological polar surface area (TPSA) is 29.3 Å². The normalized spacial score (nSPS) is 10.7. The van der Waals surface area contributed by atoms with Crippen molar-refractivity contribution in [3.8, 4) is 0 Å². The maximum absolute atomic E-state index is 13.3. The third kappa shape index (κ3) is 4.02. The minimum Gasteiger partial charge on any atom is -0.367 e. The van der Waals surface area contributed by atoms with Crippen LogP contribution in [-0.2, 0) is 6.54 Å². The highest BCUT2D eigenvalue weighted by molar-refractivity contribution is 5.53. The lowest BCUT2D eigenvalue weighted by atomic mass is 10.1. The van der Waals surface area contributed by atoms with Gasteiger partial charge >= 0.3 is 0 Å². The molecule has 0 unspecified atom stereocenters. The van der Waals surface area contributed by atoms with Crippen molar-refractivity contribution in [1.82, 2.24) is 0 Å². The molecule has 112 valence electrons. The Kier molecular flexibility index (Phi) is 5.28. The van der Waals surface area contributed by atoms with Gasteiger partial charge in [0.25, 0.3) is 0 Å². The second-order valence-electron chi connectivity index (χ2n) is 5.10.